The minimum atomic E-state index is -0.298. The summed E-state index contributed by atoms with van der Waals surface area (Å²) in [5.41, 5.74) is 0.867. The number of hydrogen-bond acceptors (Lipinski definition) is 2. The third kappa shape index (κ3) is 1.82. The van der Waals surface area contributed by atoms with Gasteiger partial charge in [0.1, 0.15) is 0 Å². The lowest BCUT2D eigenvalue weighted by Gasteiger charge is -2.52. The topological polar surface area (TPSA) is 49.4 Å². The van der Waals surface area contributed by atoms with Crippen molar-refractivity contribution in [2.45, 2.75) is 25.8 Å². The van der Waals surface area contributed by atoms with E-state index in [9.17, 15) is 9.59 Å². The van der Waals surface area contributed by atoms with E-state index in [4.69, 9.17) is 0 Å². The molecule has 0 radical (unpaired) electrons. The lowest BCUT2D eigenvalue weighted by Crippen LogP contribution is -2.64. The Labute approximate surface area is 112 Å². The van der Waals surface area contributed by atoms with Crippen molar-refractivity contribution >= 4 is 11.8 Å². The van der Waals surface area contributed by atoms with Crippen LogP contribution in [0.1, 0.15) is 31.4 Å². The van der Waals surface area contributed by atoms with Gasteiger partial charge in [0.25, 0.3) is 0 Å². The van der Waals surface area contributed by atoms with Crippen LogP contribution in [-0.2, 0) is 9.59 Å². The molecule has 2 saturated heterocycles. The molecule has 3 rings (SSSR count). The van der Waals surface area contributed by atoms with E-state index in [-0.39, 0.29) is 23.3 Å². The first kappa shape index (κ1) is 12.2. The molecule has 1 aromatic rings. The van der Waals surface area contributed by atoms with Gasteiger partial charge in [-0.15, -0.1) is 0 Å². The van der Waals surface area contributed by atoms with Crippen LogP contribution in [0.3, 0.4) is 0 Å². The van der Waals surface area contributed by atoms with Crippen LogP contribution in [0, 0.1) is 5.41 Å². The monoisotopic (exact) mass is 258 g/mol. The SMILES string of the molecule is CC(=O)N1CCC2(CC1)C(=O)N[C@@H]2c1ccccc1. The van der Waals surface area contributed by atoms with Crippen molar-refractivity contribution < 1.29 is 9.59 Å². The molecule has 4 nitrogen and oxygen atoms in total. The van der Waals surface area contributed by atoms with Gasteiger partial charge >= 0.3 is 0 Å². The Bertz CT molecular complexity index is 504. The molecule has 1 aromatic carbocycles. The van der Waals surface area contributed by atoms with Gasteiger partial charge in [0.05, 0.1) is 11.5 Å². The number of hydrogen-bond donors (Lipinski definition) is 1. The molecule has 4 heteroatoms. The number of β-lactam (4-membered cyclic amide) rings is 1. The summed E-state index contributed by atoms with van der Waals surface area (Å²) in [5, 5.41) is 3.02. The fourth-order valence-electron chi connectivity index (χ4n) is 3.25. The van der Waals surface area contributed by atoms with E-state index in [1.54, 1.807) is 6.92 Å². The average molecular weight is 258 g/mol. The van der Waals surface area contributed by atoms with Gasteiger partial charge in [-0.25, -0.2) is 0 Å². The lowest BCUT2D eigenvalue weighted by molar-refractivity contribution is -0.154. The van der Waals surface area contributed by atoms with Gasteiger partial charge < -0.3 is 10.2 Å². The molecule has 2 heterocycles. The zero-order valence-corrected chi connectivity index (χ0v) is 11.1. The van der Waals surface area contributed by atoms with Gasteiger partial charge in [-0.05, 0) is 18.4 Å². The Balaban J connectivity index is 1.80. The van der Waals surface area contributed by atoms with Crippen molar-refractivity contribution in [2.75, 3.05) is 13.1 Å². The van der Waals surface area contributed by atoms with Crippen LogP contribution < -0.4 is 5.32 Å². The van der Waals surface area contributed by atoms with Gasteiger partial charge in [0, 0.05) is 20.0 Å². The van der Waals surface area contributed by atoms with E-state index in [0.29, 0.717) is 13.1 Å². The van der Waals surface area contributed by atoms with Gasteiger partial charge in [-0.1, -0.05) is 30.3 Å². The largest absolute Gasteiger partial charge is 0.348 e. The summed E-state index contributed by atoms with van der Waals surface area (Å²) in [6, 6.07) is 10.2. The van der Waals surface area contributed by atoms with E-state index in [0.717, 1.165) is 12.8 Å². The quantitative estimate of drug-likeness (QED) is 0.776. The molecule has 2 aliphatic heterocycles. The van der Waals surface area contributed by atoms with Crippen molar-refractivity contribution in [3.63, 3.8) is 0 Å². The maximum Gasteiger partial charge on any atom is 0.229 e. The second-order valence-corrected chi connectivity index (χ2v) is 5.48. The number of amides is 2. The minimum Gasteiger partial charge on any atom is -0.348 e. The third-order valence-corrected chi connectivity index (χ3v) is 4.51. The van der Waals surface area contributed by atoms with Crippen molar-refractivity contribution in [2.24, 2.45) is 5.41 Å². The second-order valence-electron chi connectivity index (χ2n) is 5.48. The molecule has 2 amide bonds. The number of nitrogens with one attached hydrogen (secondary N) is 1. The molecule has 0 saturated carbocycles. The highest BCUT2D eigenvalue weighted by molar-refractivity contribution is 5.91. The fourth-order valence-corrected chi connectivity index (χ4v) is 3.25. The molecule has 19 heavy (non-hydrogen) atoms. The zero-order valence-electron chi connectivity index (χ0n) is 11.1. The summed E-state index contributed by atoms with van der Waals surface area (Å²) in [5.74, 6) is 0.246. The van der Waals surface area contributed by atoms with Crippen molar-refractivity contribution in [3.8, 4) is 0 Å². The zero-order chi connectivity index (χ0) is 13.5. The standard InChI is InChI=1S/C15H18N2O2/c1-11(18)17-9-7-15(8-10-17)13(16-14(15)19)12-5-3-2-4-6-12/h2-6,13H,7-10H2,1H3,(H,16,19)/t13-/m1/s1. The first-order chi connectivity index (χ1) is 9.13. The Morgan fingerprint density at radius 2 is 1.89 bits per heavy atom. The van der Waals surface area contributed by atoms with Gasteiger partial charge in [-0.2, -0.15) is 0 Å². The highest BCUT2D eigenvalue weighted by Gasteiger charge is 2.56. The van der Waals surface area contributed by atoms with E-state index in [2.05, 4.69) is 17.4 Å². The molecule has 0 aliphatic carbocycles. The molecule has 0 bridgehead atoms. The maximum atomic E-state index is 12.1. The number of piperidine rings is 1. The summed E-state index contributed by atoms with van der Waals surface area (Å²) in [6.45, 7) is 2.96. The van der Waals surface area contributed by atoms with Crippen LogP contribution in [0.25, 0.3) is 0 Å². The predicted octanol–water partition coefficient (Wildman–Crippen LogP) is 1.49. The number of likely N-dealkylation sites (tertiary alicyclic amines) is 1. The Hall–Kier alpha value is -1.84. The summed E-state index contributed by atoms with van der Waals surface area (Å²) in [6.07, 6.45) is 1.52. The summed E-state index contributed by atoms with van der Waals surface area (Å²) < 4.78 is 0. The summed E-state index contributed by atoms with van der Waals surface area (Å²) in [4.78, 5) is 25.3. The highest BCUT2D eigenvalue weighted by atomic mass is 16.2. The van der Waals surface area contributed by atoms with Crippen molar-refractivity contribution in [3.05, 3.63) is 35.9 Å². The van der Waals surface area contributed by atoms with Crippen LogP contribution >= 0.6 is 0 Å². The molecule has 100 valence electrons. The van der Waals surface area contributed by atoms with E-state index < -0.39 is 0 Å². The van der Waals surface area contributed by atoms with Crippen LogP contribution in [0.5, 0.6) is 0 Å². The van der Waals surface area contributed by atoms with Crippen LogP contribution in [0.2, 0.25) is 0 Å². The molecule has 0 unspecified atom stereocenters. The van der Waals surface area contributed by atoms with Crippen molar-refractivity contribution in [1.82, 2.24) is 10.2 Å². The molecule has 1 atom stereocenters. The molecule has 1 N–H and O–H groups in total. The molecule has 2 aliphatic rings. The lowest BCUT2D eigenvalue weighted by atomic mass is 9.64. The Morgan fingerprint density at radius 3 is 2.42 bits per heavy atom. The van der Waals surface area contributed by atoms with Crippen molar-refractivity contribution in [1.29, 1.82) is 0 Å². The fraction of sp³-hybridized carbons (Fsp3) is 0.467. The van der Waals surface area contributed by atoms with Gasteiger partial charge in [0.15, 0.2) is 0 Å². The summed E-state index contributed by atoms with van der Waals surface area (Å²) >= 11 is 0. The second kappa shape index (κ2) is 4.37. The molecule has 0 aromatic heterocycles. The summed E-state index contributed by atoms with van der Waals surface area (Å²) in [7, 11) is 0. The van der Waals surface area contributed by atoms with Gasteiger partial charge in [0.2, 0.25) is 11.8 Å². The van der Waals surface area contributed by atoms with Crippen LogP contribution in [0.15, 0.2) is 30.3 Å². The van der Waals surface area contributed by atoms with Crippen LogP contribution in [0.4, 0.5) is 0 Å². The smallest absolute Gasteiger partial charge is 0.229 e. The third-order valence-electron chi connectivity index (χ3n) is 4.51. The first-order valence-corrected chi connectivity index (χ1v) is 6.75. The number of carbonyl (C=O) groups excluding carboxylic acids is 2. The molecule has 1 spiro atoms. The number of carbonyl (C=O) groups is 2. The maximum absolute atomic E-state index is 12.1. The van der Waals surface area contributed by atoms with Crippen LogP contribution in [-0.4, -0.2) is 29.8 Å². The number of rotatable bonds is 1. The van der Waals surface area contributed by atoms with E-state index in [1.165, 1.54) is 5.56 Å². The number of benzene rings is 1. The normalized spacial score (nSPS) is 24.8. The van der Waals surface area contributed by atoms with Gasteiger partial charge in [-0.3, -0.25) is 9.59 Å². The predicted molar refractivity (Wildman–Crippen MR) is 71.2 cm³/mol. The average Bonchev–Trinajstić information content (AvgIpc) is 2.45. The Morgan fingerprint density at radius 1 is 1.26 bits per heavy atom. The number of nitrogens with zero attached hydrogens (tertiary/aromatic N) is 1. The highest BCUT2D eigenvalue weighted by Crippen LogP contribution is 2.49. The Kier molecular flexibility index (Phi) is 2.81. The minimum absolute atomic E-state index is 0.103. The first-order valence-electron chi connectivity index (χ1n) is 6.75. The molecular weight excluding hydrogens is 240 g/mol. The van der Waals surface area contributed by atoms with E-state index in [1.807, 2.05) is 23.1 Å². The molecule has 2 fully saturated rings. The molecular formula is C15H18N2O2. The van der Waals surface area contributed by atoms with E-state index >= 15 is 0 Å².